The molecule has 2 heterocycles. The number of nitrogens with one attached hydrogen (secondary N) is 1. The Morgan fingerprint density at radius 3 is 2.94 bits per heavy atom. The summed E-state index contributed by atoms with van der Waals surface area (Å²) in [6.45, 7) is 8.31. The van der Waals surface area contributed by atoms with Gasteiger partial charge >= 0.3 is 0 Å². The molecule has 1 aliphatic rings. The Hall–Kier alpha value is -0.380. The predicted molar refractivity (Wildman–Crippen MR) is 75.6 cm³/mol. The Balaban J connectivity index is 1.80. The average molecular weight is 252 g/mol. The monoisotopic (exact) mass is 252 g/mol. The van der Waals surface area contributed by atoms with Crippen molar-refractivity contribution in [1.29, 1.82) is 0 Å². The molecule has 1 saturated heterocycles. The maximum Gasteiger partial charge on any atom is 0.0112 e. The minimum atomic E-state index is 0.640. The third-order valence-corrected chi connectivity index (χ3v) is 4.93. The maximum atomic E-state index is 3.49. The van der Waals surface area contributed by atoms with Crippen molar-refractivity contribution in [2.45, 2.75) is 26.3 Å². The summed E-state index contributed by atoms with van der Waals surface area (Å²) in [5, 5.41) is 5.66. The third-order valence-electron chi connectivity index (χ3n) is 4.03. The first-order chi connectivity index (χ1) is 8.16. The molecule has 1 aromatic heterocycles. The zero-order valence-electron chi connectivity index (χ0n) is 11.1. The highest BCUT2D eigenvalue weighted by atomic mass is 32.1. The summed E-state index contributed by atoms with van der Waals surface area (Å²) in [5.41, 5.74) is 0. The topological polar surface area (TPSA) is 15.3 Å². The summed E-state index contributed by atoms with van der Waals surface area (Å²) in [4.78, 5) is 4.02. The second kappa shape index (κ2) is 5.98. The van der Waals surface area contributed by atoms with Gasteiger partial charge in [-0.3, -0.25) is 0 Å². The lowest BCUT2D eigenvalue weighted by molar-refractivity contribution is 0.206. The van der Waals surface area contributed by atoms with Gasteiger partial charge < -0.3 is 10.2 Å². The molecule has 1 aromatic rings. The first-order valence-corrected chi connectivity index (χ1v) is 7.48. The smallest absolute Gasteiger partial charge is 0.0112 e. The number of nitrogens with zero attached hydrogens (tertiary/aromatic N) is 1. The van der Waals surface area contributed by atoms with E-state index in [1.807, 2.05) is 11.3 Å². The zero-order valence-corrected chi connectivity index (χ0v) is 12.0. The van der Waals surface area contributed by atoms with Gasteiger partial charge in [-0.2, -0.15) is 0 Å². The quantitative estimate of drug-likeness (QED) is 0.866. The van der Waals surface area contributed by atoms with E-state index >= 15 is 0 Å². The second-order valence-corrected chi connectivity index (χ2v) is 6.50. The van der Waals surface area contributed by atoms with Gasteiger partial charge in [0.05, 0.1) is 0 Å². The molecule has 0 radical (unpaired) electrons. The maximum absolute atomic E-state index is 3.49. The van der Waals surface area contributed by atoms with Crippen molar-refractivity contribution >= 4 is 11.3 Å². The summed E-state index contributed by atoms with van der Waals surface area (Å²) >= 11 is 1.87. The molecule has 0 amide bonds. The van der Waals surface area contributed by atoms with Crippen molar-refractivity contribution in [2.24, 2.45) is 11.8 Å². The SMILES string of the molecule is CC1CNCC1CN(C)C(C)Cc1cccs1. The van der Waals surface area contributed by atoms with Gasteiger partial charge in [0.1, 0.15) is 0 Å². The van der Waals surface area contributed by atoms with E-state index in [2.05, 4.69) is 48.6 Å². The minimum Gasteiger partial charge on any atom is -0.316 e. The number of thiophene rings is 1. The Morgan fingerprint density at radius 2 is 2.35 bits per heavy atom. The van der Waals surface area contributed by atoms with E-state index in [0.717, 1.165) is 11.8 Å². The predicted octanol–water partition coefficient (Wildman–Crippen LogP) is 2.47. The van der Waals surface area contributed by atoms with Crippen LogP contribution in [0.5, 0.6) is 0 Å². The van der Waals surface area contributed by atoms with E-state index in [-0.39, 0.29) is 0 Å². The van der Waals surface area contributed by atoms with Gasteiger partial charge in [0.25, 0.3) is 0 Å². The van der Waals surface area contributed by atoms with Crippen LogP contribution in [0.3, 0.4) is 0 Å². The minimum absolute atomic E-state index is 0.640. The molecule has 3 atom stereocenters. The molecule has 1 N–H and O–H groups in total. The van der Waals surface area contributed by atoms with Crippen LogP contribution < -0.4 is 5.32 Å². The second-order valence-electron chi connectivity index (χ2n) is 5.47. The van der Waals surface area contributed by atoms with Crippen LogP contribution in [0.2, 0.25) is 0 Å². The van der Waals surface area contributed by atoms with Gasteiger partial charge in [-0.25, -0.2) is 0 Å². The summed E-state index contributed by atoms with van der Waals surface area (Å²) in [5.74, 6) is 1.65. The Morgan fingerprint density at radius 1 is 1.53 bits per heavy atom. The third kappa shape index (κ3) is 3.54. The molecular formula is C14H24N2S. The van der Waals surface area contributed by atoms with Crippen molar-refractivity contribution < 1.29 is 0 Å². The van der Waals surface area contributed by atoms with Crippen LogP contribution in [0.15, 0.2) is 17.5 Å². The summed E-state index contributed by atoms with van der Waals surface area (Å²) in [7, 11) is 2.27. The molecular weight excluding hydrogens is 228 g/mol. The highest BCUT2D eigenvalue weighted by Gasteiger charge is 2.25. The van der Waals surface area contributed by atoms with Crippen LogP contribution in [0.25, 0.3) is 0 Å². The highest BCUT2D eigenvalue weighted by molar-refractivity contribution is 7.09. The molecule has 2 nitrogen and oxygen atoms in total. The van der Waals surface area contributed by atoms with Crippen LogP contribution in [-0.2, 0) is 6.42 Å². The Labute approximate surface area is 109 Å². The number of likely N-dealkylation sites (N-methyl/N-ethyl adjacent to an activating group) is 1. The molecule has 2 rings (SSSR count). The lowest BCUT2D eigenvalue weighted by Gasteiger charge is -2.28. The Kier molecular flexibility index (Phi) is 4.60. The number of hydrogen-bond donors (Lipinski definition) is 1. The summed E-state index contributed by atoms with van der Waals surface area (Å²) < 4.78 is 0. The zero-order chi connectivity index (χ0) is 12.3. The molecule has 96 valence electrons. The van der Waals surface area contributed by atoms with Gasteiger partial charge in [-0.15, -0.1) is 11.3 Å². The fourth-order valence-electron chi connectivity index (χ4n) is 2.53. The first-order valence-electron chi connectivity index (χ1n) is 6.60. The van der Waals surface area contributed by atoms with E-state index in [1.54, 1.807) is 0 Å². The van der Waals surface area contributed by atoms with Crippen LogP contribution >= 0.6 is 11.3 Å². The lowest BCUT2D eigenvalue weighted by Crippen LogP contribution is -2.36. The van der Waals surface area contributed by atoms with Crippen molar-refractivity contribution in [3.63, 3.8) is 0 Å². The summed E-state index contributed by atoms with van der Waals surface area (Å²) in [6.07, 6.45) is 1.18. The van der Waals surface area contributed by atoms with Crippen molar-refractivity contribution in [1.82, 2.24) is 10.2 Å². The van der Waals surface area contributed by atoms with Crippen LogP contribution in [0.1, 0.15) is 18.7 Å². The molecule has 0 spiro atoms. The van der Waals surface area contributed by atoms with Crippen LogP contribution in [0.4, 0.5) is 0 Å². The molecule has 0 aromatic carbocycles. The molecule has 0 aliphatic carbocycles. The molecule has 0 saturated carbocycles. The van der Waals surface area contributed by atoms with E-state index in [0.29, 0.717) is 6.04 Å². The lowest BCUT2D eigenvalue weighted by atomic mass is 9.97. The number of hydrogen-bond acceptors (Lipinski definition) is 3. The molecule has 1 fully saturated rings. The molecule has 1 aliphatic heterocycles. The Bertz CT molecular complexity index is 323. The average Bonchev–Trinajstić information content (AvgIpc) is 2.91. The van der Waals surface area contributed by atoms with Crippen LogP contribution in [0, 0.1) is 11.8 Å². The fraction of sp³-hybridized carbons (Fsp3) is 0.714. The van der Waals surface area contributed by atoms with E-state index in [9.17, 15) is 0 Å². The van der Waals surface area contributed by atoms with E-state index in [4.69, 9.17) is 0 Å². The van der Waals surface area contributed by atoms with Gasteiger partial charge in [0.15, 0.2) is 0 Å². The number of rotatable bonds is 5. The van der Waals surface area contributed by atoms with Gasteiger partial charge in [-0.1, -0.05) is 13.0 Å². The molecule has 17 heavy (non-hydrogen) atoms. The van der Waals surface area contributed by atoms with Gasteiger partial charge in [0.2, 0.25) is 0 Å². The van der Waals surface area contributed by atoms with E-state index < -0.39 is 0 Å². The summed E-state index contributed by atoms with van der Waals surface area (Å²) in [6, 6.07) is 5.03. The molecule has 0 bridgehead atoms. The fourth-order valence-corrected chi connectivity index (χ4v) is 3.36. The van der Waals surface area contributed by atoms with Gasteiger partial charge in [0, 0.05) is 17.5 Å². The molecule has 3 unspecified atom stereocenters. The van der Waals surface area contributed by atoms with Gasteiger partial charge in [-0.05, 0) is 56.8 Å². The normalized spacial score (nSPS) is 26.6. The molecule has 3 heteroatoms. The van der Waals surface area contributed by atoms with E-state index in [1.165, 1.54) is 30.9 Å². The largest absolute Gasteiger partial charge is 0.316 e. The standard InChI is InChI=1S/C14H24N2S/c1-11-8-15-9-13(11)10-16(3)12(2)7-14-5-4-6-17-14/h4-6,11-13,15H,7-10H2,1-3H3. The van der Waals surface area contributed by atoms with Crippen LogP contribution in [-0.4, -0.2) is 37.6 Å². The first kappa shape index (κ1) is 13.1. The van der Waals surface area contributed by atoms with Crippen molar-refractivity contribution in [3.05, 3.63) is 22.4 Å². The van der Waals surface area contributed by atoms with Crippen molar-refractivity contribution in [3.8, 4) is 0 Å². The highest BCUT2D eigenvalue weighted by Crippen LogP contribution is 2.19. The van der Waals surface area contributed by atoms with Crippen molar-refractivity contribution in [2.75, 3.05) is 26.7 Å².